The van der Waals surface area contributed by atoms with Crippen LogP contribution in [0.4, 0.5) is 11.5 Å². The van der Waals surface area contributed by atoms with Crippen LogP contribution in [0.2, 0.25) is 5.02 Å². The molecule has 0 fully saturated rings. The molecule has 0 aliphatic carbocycles. The monoisotopic (exact) mass is 335 g/mol. The van der Waals surface area contributed by atoms with Crippen LogP contribution in [0, 0.1) is 0 Å². The average Bonchev–Trinajstić information content (AvgIpc) is 2.56. The largest absolute Gasteiger partial charge is 0.497 e. The molecule has 6 heteroatoms. The number of anilines is 2. The first-order valence-corrected chi connectivity index (χ1v) is 7.82. The summed E-state index contributed by atoms with van der Waals surface area (Å²) in [6.45, 7) is 2.67. The summed E-state index contributed by atoms with van der Waals surface area (Å²) in [5, 5.41) is 3.90. The lowest BCUT2D eigenvalue weighted by molar-refractivity contribution is 0.184. The quantitative estimate of drug-likeness (QED) is 0.804. The molecular weight excluding hydrogens is 314 g/mol. The molecule has 0 radical (unpaired) electrons. The van der Waals surface area contributed by atoms with E-state index in [-0.39, 0.29) is 6.04 Å². The van der Waals surface area contributed by atoms with E-state index in [1.165, 1.54) is 0 Å². The highest BCUT2D eigenvalue weighted by Gasteiger charge is 2.14. The summed E-state index contributed by atoms with van der Waals surface area (Å²) in [6, 6.07) is 7.52. The lowest BCUT2D eigenvalue weighted by Crippen LogP contribution is -2.25. The van der Waals surface area contributed by atoms with E-state index in [2.05, 4.69) is 17.2 Å². The van der Waals surface area contributed by atoms with Gasteiger partial charge in [0.1, 0.15) is 11.6 Å². The highest BCUT2D eigenvalue weighted by Crippen LogP contribution is 2.36. The van der Waals surface area contributed by atoms with Gasteiger partial charge in [0.2, 0.25) is 0 Å². The molecule has 2 rings (SSSR count). The molecule has 0 aliphatic rings. The summed E-state index contributed by atoms with van der Waals surface area (Å²) < 4.78 is 10.4. The fraction of sp³-hybridized carbons (Fsp3) is 0.353. The summed E-state index contributed by atoms with van der Waals surface area (Å²) in [5.74, 6) is 1.34. The smallest absolute Gasteiger partial charge is 0.150 e. The lowest BCUT2D eigenvalue weighted by atomic mass is 10.0. The van der Waals surface area contributed by atoms with Gasteiger partial charge in [-0.3, -0.25) is 0 Å². The topological polar surface area (TPSA) is 69.4 Å². The van der Waals surface area contributed by atoms with Crippen LogP contribution in [0.1, 0.15) is 13.3 Å². The van der Waals surface area contributed by atoms with Gasteiger partial charge in [0.15, 0.2) is 0 Å². The summed E-state index contributed by atoms with van der Waals surface area (Å²) in [7, 11) is 3.28. The third-order valence-corrected chi connectivity index (χ3v) is 3.97. The number of benzene rings is 1. The second-order valence-electron chi connectivity index (χ2n) is 5.17. The first-order chi connectivity index (χ1) is 11.1. The van der Waals surface area contributed by atoms with Crippen molar-refractivity contribution in [3.8, 4) is 16.9 Å². The molecule has 0 aliphatic heterocycles. The molecule has 124 valence electrons. The number of nitrogen functional groups attached to an aromatic ring is 1. The molecule has 1 atom stereocenters. The van der Waals surface area contributed by atoms with Gasteiger partial charge in [0.25, 0.3) is 0 Å². The van der Waals surface area contributed by atoms with E-state index in [0.717, 1.165) is 17.5 Å². The number of rotatable bonds is 7. The Morgan fingerprint density at radius 1 is 1.26 bits per heavy atom. The van der Waals surface area contributed by atoms with Crippen LogP contribution in [0.3, 0.4) is 0 Å². The minimum Gasteiger partial charge on any atom is -0.497 e. The molecule has 1 unspecified atom stereocenters. The number of hydrogen-bond donors (Lipinski definition) is 2. The number of aromatic nitrogens is 1. The van der Waals surface area contributed by atoms with Crippen molar-refractivity contribution in [3.63, 3.8) is 0 Å². The number of ether oxygens (including phenoxy) is 2. The van der Waals surface area contributed by atoms with E-state index in [1.54, 1.807) is 26.5 Å². The third-order valence-electron chi connectivity index (χ3n) is 3.66. The van der Waals surface area contributed by atoms with Crippen LogP contribution in [0.25, 0.3) is 11.1 Å². The molecule has 0 spiro atoms. The highest BCUT2D eigenvalue weighted by molar-refractivity contribution is 6.33. The van der Waals surface area contributed by atoms with E-state index < -0.39 is 0 Å². The fourth-order valence-electron chi connectivity index (χ4n) is 2.32. The summed E-state index contributed by atoms with van der Waals surface area (Å²) >= 11 is 6.35. The van der Waals surface area contributed by atoms with Gasteiger partial charge in [-0.25, -0.2) is 4.98 Å². The second-order valence-corrected chi connectivity index (χ2v) is 5.58. The van der Waals surface area contributed by atoms with E-state index in [4.69, 9.17) is 26.8 Å². The number of nitrogens with two attached hydrogens (primary N) is 1. The normalized spacial score (nSPS) is 12.0. The van der Waals surface area contributed by atoms with Crippen molar-refractivity contribution in [2.24, 2.45) is 0 Å². The fourth-order valence-corrected chi connectivity index (χ4v) is 2.59. The maximum atomic E-state index is 6.35. The van der Waals surface area contributed by atoms with Crippen LogP contribution in [-0.2, 0) is 4.74 Å². The van der Waals surface area contributed by atoms with Gasteiger partial charge in [-0.15, -0.1) is 0 Å². The van der Waals surface area contributed by atoms with Crippen LogP contribution < -0.4 is 15.8 Å². The van der Waals surface area contributed by atoms with Crippen molar-refractivity contribution >= 4 is 23.1 Å². The Labute approximate surface area is 141 Å². The molecule has 0 saturated carbocycles. The first-order valence-electron chi connectivity index (χ1n) is 7.44. The zero-order chi connectivity index (χ0) is 16.8. The van der Waals surface area contributed by atoms with Crippen LogP contribution in [0.15, 0.2) is 30.5 Å². The summed E-state index contributed by atoms with van der Waals surface area (Å²) in [5.41, 5.74) is 8.54. The van der Waals surface area contributed by atoms with Gasteiger partial charge < -0.3 is 20.5 Å². The van der Waals surface area contributed by atoms with Crippen molar-refractivity contribution in [1.29, 1.82) is 0 Å². The summed E-state index contributed by atoms with van der Waals surface area (Å²) in [6.07, 6.45) is 2.62. The van der Waals surface area contributed by atoms with Crippen LogP contribution in [-0.4, -0.2) is 31.9 Å². The maximum Gasteiger partial charge on any atom is 0.150 e. The zero-order valence-corrected chi connectivity index (χ0v) is 14.4. The number of nitrogens with one attached hydrogen (secondary N) is 1. The average molecular weight is 336 g/mol. The van der Waals surface area contributed by atoms with Gasteiger partial charge in [-0.1, -0.05) is 18.5 Å². The Balaban J connectivity index is 2.36. The predicted molar refractivity (Wildman–Crippen MR) is 95.2 cm³/mol. The molecule has 3 N–H and O–H groups in total. The zero-order valence-electron chi connectivity index (χ0n) is 13.6. The number of methoxy groups -OCH3 is 2. The lowest BCUT2D eigenvalue weighted by Gasteiger charge is -2.19. The molecule has 23 heavy (non-hydrogen) atoms. The second kappa shape index (κ2) is 8.04. The molecule has 2 aromatic rings. The van der Waals surface area contributed by atoms with Gasteiger partial charge in [-0.2, -0.15) is 0 Å². The standard InChI is InChI=1S/C17H22ClN3O2/c1-4-11(10-22-2)21-17-16(19)14(7-8-20-17)13-6-5-12(23-3)9-15(13)18/h5-9,11H,4,10,19H2,1-3H3,(H,20,21). The molecule has 0 bridgehead atoms. The van der Waals surface area contributed by atoms with Gasteiger partial charge in [0.05, 0.1) is 30.5 Å². The molecule has 1 heterocycles. The SMILES string of the molecule is CCC(COC)Nc1nccc(-c2ccc(OC)cc2Cl)c1N. The Morgan fingerprint density at radius 3 is 2.65 bits per heavy atom. The number of pyridine rings is 1. The molecule has 0 amide bonds. The van der Waals surface area contributed by atoms with Crippen molar-refractivity contribution in [1.82, 2.24) is 4.98 Å². The van der Waals surface area contributed by atoms with E-state index in [9.17, 15) is 0 Å². The number of hydrogen-bond acceptors (Lipinski definition) is 5. The Bertz CT molecular complexity index is 664. The first kappa shape index (κ1) is 17.4. The number of nitrogens with zero attached hydrogens (tertiary/aromatic N) is 1. The Hall–Kier alpha value is -1.98. The van der Waals surface area contributed by atoms with E-state index >= 15 is 0 Å². The number of halogens is 1. The van der Waals surface area contributed by atoms with Crippen molar-refractivity contribution in [3.05, 3.63) is 35.5 Å². The third kappa shape index (κ3) is 4.06. The van der Waals surface area contributed by atoms with Crippen LogP contribution >= 0.6 is 11.6 Å². The molecule has 5 nitrogen and oxygen atoms in total. The van der Waals surface area contributed by atoms with Crippen molar-refractivity contribution < 1.29 is 9.47 Å². The minimum atomic E-state index is 0.149. The summed E-state index contributed by atoms with van der Waals surface area (Å²) in [4.78, 5) is 4.34. The van der Waals surface area contributed by atoms with Gasteiger partial charge >= 0.3 is 0 Å². The van der Waals surface area contributed by atoms with Gasteiger partial charge in [-0.05, 0) is 30.7 Å². The van der Waals surface area contributed by atoms with Gasteiger partial charge in [0, 0.05) is 24.4 Å². The van der Waals surface area contributed by atoms with Crippen LogP contribution in [0.5, 0.6) is 5.75 Å². The Kier molecular flexibility index (Phi) is 6.07. The molecule has 0 saturated heterocycles. The molecular formula is C17H22ClN3O2. The minimum absolute atomic E-state index is 0.149. The van der Waals surface area contributed by atoms with Crippen molar-refractivity contribution in [2.75, 3.05) is 31.9 Å². The Morgan fingerprint density at radius 2 is 2.04 bits per heavy atom. The van der Waals surface area contributed by atoms with Crippen molar-refractivity contribution in [2.45, 2.75) is 19.4 Å². The van der Waals surface area contributed by atoms with E-state index in [0.29, 0.717) is 28.9 Å². The molecule has 1 aromatic carbocycles. The van der Waals surface area contributed by atoms with E-state index in [1.807, 2.05) is 18.2 Å². The predicted octanol–water partition coefficient (Wildman–Crippen LogP) is 3.83. The maximum absolute atomic E-state index is 6.35. The molecule has 1 aromatic heterocycles. The highest BCUT2D eigenvalue weighted by atomic mass is 35.5.